The maximum atomic E-state index is 11.5. The molecule has 1 atom stereocenters. The molecule has 2 N–H and O–H groups in total. The fraction of sp³-hybridized carbons (Fsp3) is 0.133. The van der Waals surface area contributed by atoms with E-state index in [1.54, 1.807) is 36.4 Å². The van der Waals surface area contributed by atoms with Crippen molar-refractivity contribution < 1.29 is 13.6 Å². The number of halogens is 2. The van der Waals surface area contributed by atoms with Gasteiger partial charge >= 0.3 is 0 Å². The molecule has 0 fully saturated rings. The number of Topliss-reactive ketones (excluding diaryl/α,β-unsaturated/α-hetero) is 1. The lowest BCUT2D eigenvalue weighted by molar-refractivity contribution is 0.101. The summed E-state index contributed by atoms with van der Waals surface area (Å²) in [6, 6.07) is 9.76. The number of anilines is 2. The third-order valence-electron chi connectivity index (χ3n) is 3.11. The maximum Gasteiger partial charge on any atom is 0.159 e. The van der Waals surface area contributed by atoms with E-state index in [4.69, 9.17) is 23.2 Å². The average Bonchev–Trinajstić information content (AvgIpc) is 2.46. The zero-order valence-electron chi connectivity index (χ0n) is 12.1. The van der Waals surface area contributed by atoms with Crippen LogP contribution in [-0.4, -0.2) is 14.5 Å². The molecule has 2 rings (SSSR count). The molecule has 0 radical (unpaired) electrons. The second kappa shape index (κ2) is 7.79. The Labute approximate surface area is 146 Å². The quantitative estimate of drug-likeness (QED) is 0.593. The SMILES string of the molecule is CC(=O)c1ccc(NS(=O)[O-])c(CNc2ccc(Cl)cc2Cl)c1. The molecular weight excluding hydrogens is 359 g/mol. The molecular formula is C15H13Cl2N2O3S-. The Bertz CT molecular complexity index is 768. The van der Waals surface area contributed by atoms with Gasteiger partial charge in [0.2, 0.25) is 0 Å². The molecule has 5 nitrogen and oxygen atoms in total. The number of benzene rings is 2. The summed E-state index contributed by atoms with van der Waals surface area (Å²) in [7, 11) is 0. The van der Waals surface area contributed by atoms with Gasteiger partial charge in [-0.05, 0) is 48.9 Å². The molecule has 2 aromatic rings. The monoisotopic (exact) mass is 371 g/mol. The summed E-state index contributed by atoms with van der Waals surface area (Å²) in [5.74, 6) is -0.106. The van der Waals surface area contributed by atoms with E-state index in [9.17, 15) is 13.6 Å². The van der Waals surface area contributed by atoms with Crippen molar-refractivity contribution in [2.45, 2.75) is 13.5 Å². The minimum Gasteiger partial charge on any atom is -0.755 e. The molecule has 0 saturated carbocycles. The topological polar surface area (TPSA) is 81.3 Å². The van der Waals surface area contributed by atoms with Gasteiger partial charge in [0.05, 0.1) is 16.4 Å². The van der Waals surface area contributed by atoms with Crippen molar-refractivity contribution in [2.24, 2.45) is 0 Å². The van der Waals surface area contributed by atoms with E-state index in [0.717, 1.165) is 0 Å². The van der Waals surface area contributed by atoms with Gasteiger partial charge in [-0.2, -0.15) is 0 Å². The van der Waals surface area contributed by atoms with Gasteiger partial charge in [0, 0.05) is 28.4 Å². The Morgan fingerprint density at radius 3 is 2.48 bits per heavy atom. The minimum absolute atomic E-state index is 0.106. The summed E-state index contributed by atoms with van der Waals surface area (Å²) >= 11 is 9.47. The van der Waals surface area contributed by atoms with Crippen molar-refractivity contribution in [3.8, 4) is 0 Å². The fourth-order valence-electron chi connectivity index (χ4n) is 1.97. The van der Waals surface area contributed by atoms with Crippen LogP contribution < -0.4 is 10.0 Å². The summed E-state index contributed by atoms with van der Waals surface area (Å²) in [5.41, 5.74) is 2.15. The fourth-order valence-corrected chi connectivity index (χ4v) is 2.83. The number of carbonyl (C=O) groups excluding carboxylic acids is 1. The molecule has 0 aliphatic carbocycles. The van der Waals surface area contributed by atoms with Crippen LogP contribution in [0.1, 0.15) is 22.8 Å². The van der Waals surface area contributed by atoms with E-state index >= 15 is 0 Å². The lowest BCUT2D eigenvalue weighted by atomic mass is 10.1. The van der Waals surface area contributed by atoms with E-state index < -0.39 is 11.3 Å². The van der Waals surface area contributed by atoms with Crippen LogP contribution in [0, 0.1) is 0 Å². The molecule has 8 heteroatoms. The van der Waals surface area contributed by atoms with Crippen LogP contribution in [0.15, 0.2) is 36.4 Å². The predicted octanol–water partition coefficient (Wildman–Crippen LogP) is 4.01. The van der Waals surface area contributed by atoms with E-state index in [1.807, 2.05) is 0 Å². The van der Waals surface area contributed by atoms with Crippen LogP contribution in [-0.2, 0) is 17.8 Å². The Kier molecular flexibility index (Phi) is 6.01. The standard InChI is InChI=1S/C15H14Cl2N2O3S/c1-9(20)10-2-4-14(19-23(21)22)11(6-10)8-18-15-5-3-12(16)7-13(15)17/h2-7,18-19H,8H2,1H3,(H,21,22)/p-1. The van der Waals surface area contributed by atoms with Crippen LogP contribution in [0.5, 0.6) is 0 Å². The van der Waals surface area contributed by atoms with Crippen LogP contribution in [0.25, 0.3) is 0 Å². The first-order valence-corrected chi connectivity index (χ1v) is 8.38. The lowest BCUT2D eigenvalue weighted by Crippen LogP contribution is -2.09. The molecule has 0 aliphatic heterocycles. The highest BCUT2D eigenvalue weighted by Crippen LogP contribution is 2.27. The Morgan fingerprint density at radius 1 is 1.17 bits per heavy atom. The second-order valence-electron chi connectivity index (χ2n) is 4.74. The molecule has 0 spiro atoms. The molecule has 122 valence electrons. The maximum absolute atomic E-state index is 11.5. The summed E-state index contributed by atoms with van der Waals surface area (Å²) in [6.07, 6.45) is 0. The second-order valence-corrected chi connectivity index (χ2v) is 6.26. The zero-order valence-corrected chi connectivity index (χ0v) is 14.4. The summed E-state index contributed by atoms with van der Waals surface area (Å²) in [4.78, 5) is 11.5. The first kappa shape index (κ1) is 17.7. The molecule has 0 saturated heterocycles. The first-order chi connectivity index (χ1) is 10.9. The van der Waals surface area contributed by atoms with Gasteiger partial charge in [0.15, 0.2) is 5.78 Å². The molecule has 0 heterocycles. The van der Waals surface area contributed by atoms with Crippen LogP contribution >= 0.6 is 23.2 Å². The van der Waals surface area contributed by atoms with Crippen molar-refractivity contribution in [2.75, 3.05) is 10.0 Å². The van der Waals surface area contributed by atoms with Gasteiger partial charge in [0.1, 0.15) is 0 Å². The van der Waals surface area contributed by atoms with E-state index in [1.165, 1.54) is 6.92 Å². The smallest absolute Gasteiger partial charge is 0.159 e. The van der Waals surface area contributed by atoms with Gasteiger partial charge in [0.25, 0.3) is 0 Å². The van der Waals surface area contributed by atoms with Crippen molar-refractivity contribution >= 4 is 51.6 Å². The number of ketones is 1. The first-order valence-electron chi connectivity index (χ1n) is 6.55. The summed E-state index contributed by atoms with van der Waals surface area (Å²) in [5, 5.41) is 4.06. The van der Waals surface area contributed by atoms with Gasteiger partial charge in [-0.25, -0.2) is 0 Å². The highest BCUT2D eigenvalue weighted by atomic mass is 35.5. The van der Waals surface area contributed by atoms with Crippen molar-refractivity contribution in [3.05, 3.63) is 57.6 Å². The minimum atomic E-state index is -2.46. The highest BCUT2D eigenvalue weighted by Gasteiger charge is 2.08. The number of rotatable bonds is 6. The number of hydrogen-bond acceptors (Lipinski definition) is 4. The number of nitrogens with one attached hydrogen (secondary N) is 2. The van der Waals surface area contributed by atoms with Gasteiger partial charge in [-0.15, -0.1) is 0 Å². The Morgan fingerprint density at radius 2 is 1.87 bits per heavy atom. The molecule has 0 aliphatic rings. The van der Waals surface area contributed by atoms with Crippen molar-refractivity contribution in [1.82, 2.24) is 0 Å². The molecule has 0 amide bonds. The van der Waals surface area contributed by atoms with Gasteiger partial charge in [-0.1, -0.05) is 23.2 Å². The largest absolute Gasteiger partial charge is 0.755 e. The Balaban J connectivity index is 2.26. The van der Waals surface area contributed by atoms with Crippen LogP contribution in [0.3, 0.4) is 0 Å². The molecule has 1 unspecified atom stereocenters. The van der Waals surface area contributed by atoms with Crippen LogP contribution in [0.2, 0.25) is 10.0 Å². The van der Waals surface area contributed by atoms with Gasteiger partial charge < -0.3 is 14.6 Å². The third-order valence-corrected chi connectivity index (χ3v) is 4.04. The van der Waals surface area contributed by atoms with E-state index in [2.05, 4.69) is 10.0 Å². The molecule has 2 aromatic carbocycles. The van der Waals surface area contributed by atoms with Crippen LogP contribution in [0.4, 0.5) is 11.4 Å². The van der Waals surface area contributed by atoms with E-state index in [0.29, 0.717) is 32.5 Å². The average molecular weight is 372 g/mol. The van der Waals surface area contributed by atoms with Crippen molar-refractivity contribution in [3.63, 3.8) is 0 Å². The Hall–Kier alpha value is -1.60. The van der Waals surface area contributed by atoms with Crippen molar-refractivity contribution in [1.29, 1.82) is 0 Å². The predicted molar refractivity (Wildman–Crippen MR) is 92.8 cm³/mol. The number of hydrogen-bond donors (Lipinski definition) is 2. The molecule has 0 bridgehead atoms. The van der Waals surface area contributed by atoms with Gasteiger partial charge in [-0.3, -0.25) is 9.00 Å². The summed E-state index contributed by atoms with van der Waals surface area (Å²) < 4.78 is 24.1. The number of carbonyl (C=O) groups is 1. The highest BCUT2D eigenvalue weighted by molar-refractivity contribution is 7.80. The van der Waals surface area contributed by atoms with E-state index in [-0.39, 0.29) is 12.3 Å². The lowest BCUT2D eigenvalue weighted by Gasteiger charge is -2.16. The summed E-state index contributed by atoms with van der Waals surface area (Å²) in [6.45, 7) is 1.73. The third kappa shape index (κ3) is 4.94. The molecule has 23 heavy (non-hydrogen) atoms. The zero-order chi connectivity index (χ0) is 17.0. The normalized spacial score (nSPS) is 11.8. The molecule has 0 aromatic heterocycles.